The Morgan fingerprint density at radius 3 is 2.74 bits per heavy atom. The predicted octanol–water partition coefficient (Wildman–Crippen LogP) is 3.29. The Morgan fingerprint density at radius 2 is 2.11 bits per heavy atom. The lowest BCUT2D eigenvalue weighted by Gasteiger charge is -2.10. The lowest BCUT2D eigenvalue weighted by atomic mass is 10.1. The summed E-state index contributed by atoms with van der Waals surface area (Å²) >= 11 is 11.9. The van der Waals surface area contributed by atoms with Crippen molar-refractivity contribution in [1.29, 1.82) is 0 Å². The van der Waals surface area contributed by atoms with Crippen LogP contribution < -0.4 is 0 Å². The van der Waals surface area contributed by atoms with Crippen molar-refractivity contribution in [2.75, 3.05) is 13.7 Å². The molecule has 0 saturated carbocycles. The molecule has 0 aliphatic carbocycles. The van der Waals surface area contributed by atoms with E-state index in [1.54, 1.807) is 7.11 Å². The van der Waals surface area contributed by atoms with Gasteiger partial charge in [0.05, 0.1) is 12.5 Å². The van der Waals surface area contributed by atoms with E-state index >= 15 is 0 Å². The van der Waals surface area contributed by atoms with E-state index in [1.807, 2.05) is 29.7 Å². The molecule has 0 spiro atoms. The molecule has 19 heavy (non-hydrogen) atoms. The normalized spacial score (nSPS) is 10.9. The van der Waals surface area contributed by atoms with Gasteiger partial charge >= 0.3 is 0 Å². The van der Waals surface area contributed by atoms with Crippen molar-refractivity contribution in [3.63, 3.8) is 0 Å². The molecule has 0 saturated heterocycles. The summed E-state index contributed by atoms with van der Waals surface area (Å²) in [4.78, 5) is 0. The van der Waals surface area contributed by atoms with Gasteiger partial charge in [-0.05, 0) is 30.7 Å². The van der Waals surface area contributed by atoms with Crippen molar-refractivity contribution in [2.45, 2.75) is 19.3 Å². The Bertz CT molecular complexity index is 569. The summed E-state index contributed by atoms with van der Waals surface area (Å²) in [7, 11) is 1.66. The summed E-state index contributed by atoms with van der Waals surface area (Å²) in [5, 5.41) is 9.06. The highest BCUT2D eigenvalue weighted by Crippen LogP contribution is 2.25. The van der Waals surface area contributed by atoms with Gasteiger partial charge in [0.1, 0.15) is 5.82 Å². The van der Waals surface area contributed by atoms with E-state index in [9.17, 15) is 0 Å². The number of aryl methyl sites for hydroxylation is 1. The lowest BCUT2D eigenvalue weighted by Crippen LogP contribution is -2.09. The third kappa shape index (κ3) is 3.08. The SMILES string of the molecule is COCCn1c(CCl)nnc1-c1ccc(Cl)cc1C. The second-order valence-electron chi connectivity index (χ2n) is 4.18. The summed E-state index contributed by atoms with van der Waals surface area (Å²) in [6, 6.07) is 5.70. The number of aromatic nitrogens is 3. The van der Waals surface area contributed by atoms with E-state index < -0.39 is 0 Å². The van der Waals surface area contributed by atoms with E-state index in [2.05, 4.69) is 10.2 Å². The van der Waals surface area contributed by atoms with E-state index in [1.165, 1.54) is 0 Å². The highest BCUT2D eigenvalue weighted by molar-refractivity contribution is 6.30. The Labute approximate surface area is 122 Å². The number of hydrogen-bond acceptors (Lipinski definition) is 3. The van der Waals surface area contributed by atoms with Gasteiger partial charge in [-0.2, -0.15) is 0 Å². The zero-order valence-electron chi connectivity index (χ0n) is 10.9. The van der Waals surface area contributed by atoms with Crippen LogP contribution in [-0.2, 0) is 17.2 Å². The van der Waals surface area contributed by atoms with Gasteiger partial charge in [0.25, 0.3) is 0 Å². The van der Waals surface area contributed by atoms with Crippen LogP contribution in [0.5, 0.6) is 0 Å². The van der Waals surface area contributed by atoms with Crippen molar-refractivity contribution < 1.29 is 4.74 Å². The summed E-state index contributed by atoms with van der Waals surface area (Å²) in [5.41, 5.74) is 2.06. The van der Waals surface area contributed by atoms with Gasteiger partial charge in [-0.3, -0.25) is 0 Å². The lowest BCUT2D eigenvalue weighted by molar-refractivity contribution is 0.187. The molecule has 0 unspecified atom stereocenters. The minimum Gasteiger partial charge on any atom is -0.383 e. The van der Waals surface area contributed by atoms with Gasteiger partial charge < -0.3 is 9.30 Å². The number of methoxy groups -OCH3 is 1. The highest BCUT2D eigenvalue weighted by Gasteiger charge is 2.14. The zero-order chi connectivity index (χ0) is 13.8. The molecule has 1 aromatic carbocycles. The van der Waals surface area contributed by atoms with Crippen LogP contribution in [0.3, 0.4) is 0 Å². The fraction of sp³-hybridized carbons (Fsp3) is 0.385. The molecule has 6 heteroatoms. The molecule has 0 atom stereocenters. The molecule has 0 amide bonds. The maximum absolute atomic E-state index is 5.98. The molecule has 0 aliphatic rings. The minimum absolute atomic E-state index is 0.323. The predicted molar refractivity (Wildman–Crippen MR) is 76.6 cm³/mol. The number of alkyl halides is 1. The molecule has 1 aromatic heterocycles. The standard InChI is InChI=1S/C13H15Cl2N3O/c1-9-7-10(15)3-4-11(9)13-17-16-12(8-14)18(13)5-6-19-2/h3-4,7H,5-6,8H2,1-2H3. The molecule has 0 N–H and O–H groups in total. The van der Waals surface area contributed by atoms with Crippen molar-refractivity contribution >= 4 is 23.2 Å². The van der Waals surface area contributed by atoms with Crippen molar-refractivity contribution in [3.05, 3.63) is 34.6 Å². The van der Waals surface area contributed by atoms with Crippen molar-refractivity contribution in [1.82, 2.24) is 14.8 Å². The van der Waals surface area contributed by atoms with Crippen LogP contribution in [0.4, 0.5) is 0 Å². The van der Waals surface area contributed by atoms with Crippen LogP contribution in [0.1, 0.15) is 11.4 Å². The number of halogens is 2. The van der Waals surface area contributed by atoms with E-state index in [-0.39, 0.29) is 0 Å². The largest absolute Gasteiger partial charge is 0.383 e. The number of ether oxygens (including phenoxy) is 1. The average molecular weight is 300 g/mol. The first-order valence-electron chi connectivity index (χ1n) is 5.91. The Morgan fingerprint density at radius 1 is 1.32 bits per heavy atom. The molecule has 0 radical (unpaired) electrons. The molecule has 0 bridgehead atoms. The van der Waals surface area contributed by atoms with Crippen LogP contribution >= 0.6 is 23.2 Å². The average Bonchev–Trinajstić information content (AvgIpc) is 2.79. The fourth-order valence-electron chi connectivity index (χ4n) is 1.93. The molecule has 2 aromatic rings. The molecule has 1 heterocycles. The van der Waals surface area contributed by atoms with Gasteiger partial charge in [0, 0.05) is 24.2 Å². The Kier molecular flexibility index (Phi) is 4.80. The Balaban J connectivity index is 2.46. The molecule has 0 fully saturated rings. The van der Waals surface area contributed by atoms with E-state index in [4.69, 9.17) is 27.9 Å². The summed E-state index contributed by atoms with van der Waals surface area (Å²) in [5.74, 6) is 1.86. The second kappa shape index (κ2) is 6.37. The van der Waals surface area contributed by atoms with Gasteiger partial charge in [0.2, 0.25) is 0 Å². The van der Waals surface area contributed by atoms with Crippen LogP contribution in [0.15, 0.2) is 18.2 Å². The molecule has 0 aliphatic heterocycles. The van der Waals surface area contributed by atoms with Gasteiger partial charge in [-0.15, -0.1) is 21.8 Å². The smallest absolute Gasteiger partial charge is 0.164 e. The van der Waals surface area contributed by atoms with Gasteiger partial charge in [-0.1, -0.05) is 11.6 Å². The highest BCUT2D eigenvalue weighted by atomic mass is 35.5. The molecule has 2 rings (SSSR count). The molecular weight excluding hydrogens is 285 g/mol. The van der Waals surface area contributed by atoms with E-state index in [0.717, 1.165) is 22.8 Å². The van der Waals surface area contributed by atoms with Crippen LogP contribution in [-0.4, -0.2) is 28.5 Å². The Hall–Kier alpha value is -1.10. The number of hydrogen-bond donors (Lipinski definition) is 0. The monoisotopic (exact) mass is 299 g/mol. The molecular formula is C13H15Cl2N3O. The first-order valence-corrected chi connectivity index (χ1v) is 6.82. The third-order valence-electron chi connectivity index (χ3n) is 2.90. The topological polar surface area (TPSA) is 39.9 Å². The van der Waals surface area contributed by atoms with Crippen molar-refractivity contribution in [2.24, 2.45) is 0 Å². The second-order valence-corrected chi connectivity index (χ2v) is 4.88. The van der Waals surface area contributed by atoms with Crippen LogP contribution in [0, 0.1) is 6.92 Å². The van der Waals surface area contributed by atoms with E-state index in [0.29, 0.717) is 24.1 Å². The van der Waals surface area contributed by atoms with Gasteiger partial charge in [-0.25, -0.2) is 0 Å². The summed E-state index contributed by atoms with van der Waals surface area (Å²) < 4.78 is 7.09. The zero-order valence-corrected chi connectivity index (χ0v) is 12.4. The maximum atomic E-state index is 5.98. The molecule has 102 valence electrons. The first-order chi connectivity index (χ1) is 9.17. The first kappa shape index (κ1) is 14.3. The van der Waals surface area contributed by atoms with Crippen LogP contribution in [0.25, 0.3) is 11.4 Å². The number of rotatable bonds is 5. The minimum atomic E-state index is 0.323. The molecule has 4 nitrogen and oxygen atoms in total. The van der Waals surface area contributed by atoms with Crippen LogP contribution in [0.2, 0.25) is 5.02 Å². The maximum Gasteiger partial charge on any atom is 0.164 e. The number of benzene rings is 1. The van der Waals surface area contributed by atoms with Crippen molar-refractivity contribution in [3.8, 4) is 11.4 Å². The quantitative estimate of drug-likeness (QED) is 0.795. The summed E-state index contributed by atoms with van der Waals surface area (Å²) in [6.45, 7) is 3.25. The third-order valence-corrected chi connectivity index (χ3v) is 3.37. The van der Waals surface area contributed by atoms with Gasteiger partial charge in [0.15, 0.2) is 5.82 Å². The number of nitrogens with zero attached hydrogens (tertiary/aromatic N) is 3. The summed E-state index contributed by atoms with van der Waals surface area (Å²) in [6.07, 6.45) is 0. The fourth-order valence-corrected chi connectivity index (χ4v) is 2.35.